The molecule has 0 aliphatic rings. The molecule has 3 aromatic rings. The number of halogens is 1. The third-order valence-electron chi connectivity index (χ3n) is 4.93. The van der Waals surface area contributed by atoms with Crippen LogP contribution < -0.4 is 19.5 Å². The Morgan fingerprint density at radius 2 is 1.64 bits per heavy atom. The van der Waals surface area contributed by atoms with Crippen LogP contribution in [0.25, 0.3) is 0 Å². The van der Waals surface area contributed by atoms with Crippen molar-refractivity contribution in [3.05, 3.63) is 70.6 Å². The van der Waals surface area contributed by atoms with E-state index in [4.69, 9.17) is 30.2 Å². The van der Waals surface area contributed by atoms with Crippen molar-refractivity contribution in [2.45, 2.75) is 23.6 Å². The lowest BCUT2D eigenvalue weighted by Crippen LogP contribution is -2.26. The molecule has 10 heteroatoms. The van der Waals surface area contributed by atoms with Gasteiger partial charge in [0.25, 0.3) is 5.91 Å². The van der Waals surface area contributed by atoms with Crippen molar-refractivity contribution >= 4 is 27.3 Å². The number of hydrogen-bond donors (Lipinski definition) is 1. The number of amides is 1. The fourth-order valence-corrected chi connectivity index (χ4v) is 4.90. The van der Waals surface area contributed by atoms with Gasteiger partial charge >= 0.3 is 0 Å². The quantitative estimate of drug-likeness (QED) is 0.470. The summed E-state index contributed by atoms with van der Waals surface area (Å²) >= 11 is 5.95. The van der Waals surface area contributed by atoms with Gasteiger partial charge in [0, 0.05) is 5.02 Å². The molecule has 0 fully saturated rings. The number of benzene rings is 2. The molecule has 1 aromatic heterocycles. The van der Waals surface area contributed by atoms with Gasteiger partial charge in [0.05, 0.1) is 27.4 Å². The highest BCUT2D eigenvalue weighted by Crippen LogP contribution is 2.31. The molecular formula is C23H24ClNO7S. The maximum atomic E-state index is 12.9. The molecule has 176 valence electrons. The van der Waals surface area contributed by atoms with Crippen LogP contribution in [0.1, 0.15) is 34.8 Å². The van der Waals surface area contributed by atoms with E-state index in [1.54, 1.807) is 26.2 Å². The standard InChI is InChI=1S/C23H24ClNO7S/c1-14(15-5-8-18(29-2)21(11-15)31-4)25-23(26)20-10-7-17(32-20)13-33(27,28)22-12-16(24)6-9-19(22)30-3/h5-12,14H,13H2,1-4H3,(H,25,26)/t14-/m1/s1. The minimum absolute atomic E-state index is 0.00872. The minimum Gasteiger partial charge on any atom is -0.495 e. The summed E-state index contributed by atoms with van der Waals surface area (Å²) in [5.74, 6) is 0.453. The molecule has 2 aromatic carbocycles. The first-order valence-electron chi connectivity index (χ1n) is 9.86. The van der Waals surface area contributed by atoms with Gasteiger partial charge in [-0.15, -0.1) is 0 Å². The summed E-state index contributed by atoms with van der Waals surface area (Å²) in [6.45, 7) is 1.80. The van der Waals surface area contributed by atoms with Crippen LogP contribution >= 0.6 is 11.6 Å². The van der Waals surface area contributed by atoms with Crippen molar-refractivity contribution in [1.29, 1.82) is 0 Å². The zero-order valence-corrected chi connectivity index (χ0v) is 20.1. The summed E-state index contributed by atoms with van der Waals surface area (Å²) in [6, 6.07) is 12.2. The van der Waals surface area contributed by atoms with Gasteiger partial charge in [0.1, 0.15) is 22.2 Å². The van der Waals surface area contributed by atoms with Crippen LogP contribution in [0.3, 0.4) is 0 Å². The maximum Gasteiger partial charge on any atom is 0.287 e. The Labute approximate surface area is 197 Å². The van der Waals surface area contributed by atoms with Gasteiger partial charge in [-0.05, 0) is 55.0 Å². The molecular weight excluding hydrogens is 470 g/mol. The van der Waals surface area contributed by atoms with E-state index < -0.39 is 21.5 Å². The molecule has 0 aliphatic carbocycles. The van der Waals surface area contributed by atoms with Crippen molar-refractivity contribution in [3.63, 3.8) is 0 Å². The first kappa shape index (κ1) is 24.5. The van der Waals surface area contributed by atoms with Gasteiger partial charge in [-0.1, -0.05) is 17.7 Å². The van der Waals surface area contributed by atoms with E-state index in [0.29, 0.717) is 11.5 Å². The number of hydrogen-bond acceptors (Lipinski definition) is 7. The van der Waals surface area contributed by atoms with Crippen molar-refractivity contribution < 1.29 is 31.8 Å². The number of nitrogens with one attached hydrogen (secondary N) is 1. The van der Waals surface area contributed by atoms with Crippen molar-refractivity contribution in [2.75, 3.05) is 21.3 Å². The van der Waals surface area contributed by atoms with Crippen LogP contribution in [0.5, 0.6) is 17.2 Å². The van der Waals surface area contributed by atoms with E-state index in [0.717, 1.165) is 5.56 Å². The summed E-state index contributed by atoms with van der Waals surface area (Å²) in [6.07, 6.45) is 0. The van der Waals surface area contributed by atoms with E-state index in [1.165, 1.54) is 44.6 Å². The van der Waals surface area contributed by atoms with Gasteiger partial charge in [-0.25, -0.2) is 8.42 Å². The summed E-state index contributed by atoms with van der Waals surface area (Å²) in [7, 11) is 0.612. The second-order valence-electron chi connectivity index (χ2n) is 7.13. The number of carbonyl (C=O) groups is 1. The molecule has 1 N–H and O–H groups in total. The zero-order chi connectivity index (χ0) is 24.2. The Bertz CT molecular complexity index is 1250. The first-order chi connectivity index (χ1) is 15.7. The Balaban J connectivity index is 1.74. The molecule has 3 rings (SSSR count). The molecule has 0 aliphatic heterocycles. The van der Waals surface area contributed by atoms with E-state index in [9.17, 15) is 13.2 Å². The normalized spacial score (nSPS) is 12.2. The van der Waals surface area contributed by atoms with Gasteiger partial charge in [-0.2, -0.15) is 0 Å². The third-order valence-corrected chi connectivity index (χ3v) is 6.82. The Kier molecular flexibility index (Phi) is 7.55. The molecule has 1 atom stereocenters. The Morgan fingerprint density at radius 1 is 0.970 bits per heavy atom. The predicted molar refractivity (Wildman–Crippen MR) is 123 cm³/mol. The van der Waals surface area contributed by atoms with Crippen molar-refractivity contribution in [2.24, 2.45) is 0 Å². The highest BCUT2D eigenvalue weighted by atomic mass is 35.5. The van der Waals surface area contributed by atoms with Gasteiger partial charge in [0.15, 0.2) is 27.1 Å². The monoisotopic (exact) mass is 493 g/mol. The largest absolute Gasteiger partial charge is 0.495 e. The van der Waals surface area contributed by atoms with E-state index in [2.05, 4.69) is 5.32 Å². The van der Waals surface area contributed by atoms with Crippen LogP contribution in [-0.4, -0.2) is 35.7 Å². The average Bonchev–Trinajstić information content (AvgIpc) is 3.26. The second kappa shape index (κ2) is 10.2. The predicted octanol–water partition coefficient (Wildman–Crippen LogP) is 4.42. The average molecular weight is 494 g/mol. The lowest BCUT2D eigenvalue weighted by molar-refractivity contribution is 0.0910. The van der Waals surface area contributed by atoms with Crippen LogP contribution in [0, 0.1) is 0 Å². The lowest BCUT2D eigenvalue weighted by atomic mass is 10.1. The fraction of sp³-hybridized carbons (Fsp3) is 0.261. The molecule has 33 heavy (non-hydrogen) atoms. The van der Waals surface area contributed by atoms with Crippen molar-refractivity contribution in [3.8, 4) is 17.2 Å². The molecule has 8 nitrogen and oxygen atoms in total. The molecule has 1 heterocycles. The third kappa shape index (κ3) is 5.61. The van der Waals surface area contributed by atoms with Gasteiger partial charge in [0.2, 0.25) is 0 Å². The topological polar surface area (TPSA) is 104 Å². The SMILES string of the molecule is COc1ccc([C@@H](C)NC(=O)c2ccc(CS(=O)(=O)c3cc(Cl)ccc3OC)o2)cc1OC. The van der Waals surface area contributed by atoms with Crippen LogP contribution in [0.2, 0.25) is 5.02 Å². The van der Waals surface area contributed by atoms with Gasteiger partial charge < -0.3 is 23.9 Å². The number of carbonyl (C=O) groups excluding carboxylic acids is 1. The van der Waals surface area contributed by atoms with Crippen LogP contribution in [0.4, 0.5) is 0 Å². The number of sulfone groups is 1. The second-order valence-corrected chi connectivity index (χ2v) is 9.52. The summed E-state index contributed by atoms with van der Waals surface area (Å²) < 4.78 is 46.9. The molecule has 0 unspecified atom stereocenters. The fourth-order valence-electron chi connectivity index (χ4n) is 3.21. The maximum absolute atomic E-state index is 12.9. The molecule has 0 saturated carbocycles. The Hall–Kier alpha value is -3.17. The molecule has 0 bridgehead atoms. The van der Waals surface area contributed by atoms with E-state index in [-0.39, 0.29) is 33.2 Å². The number of rotatable bonds is 9. The summed E-state index contributed by atoms with van der Waals surface area (Å²) in [4.78, 5) is 12.6. The summed E-state index contributed by atoms with van der Waals surface area (Å²) in [5, 5.41) is 3.08. The molecule has 1 amide bonds. The van der Waals surface area contributed by atoms with Crippen molar-refractivity contribution in [1.82, 2.24) is 5.32 Å². The molecule has 0 spiro atoms. The zero-order valence-electron chi connectivity index (χ0n) is 18.5. The van der Waals surface area contributed by atoms with E-state index in [1.807, 2.05) is 6.07 Å². The Morgan fingerprint density at radius 3 is 2.30 bits per heavy atom. The molecule has 0 radical (unpaired) electrons. The van der Waals surface area contributed by atoms with E-state index >= 15 is 0 Å². The summed E-state index contributed by atoms with van der Waals surface area (Å²) in [5.41, 5.74) is 0.795. The van der Waals surface area contributed by atoms with Gasteiger partial charge in [-0.3, -0.25) is 4.79 Å². The smallest absolute Gasteiger partial charge is 0.287 e. The first-order valence-corrected chi connectivity index (χ1v) is 11.9. The van der Waals surface area contributed by atoms with Crippen LogP contribution in [0.15, 0.2) is 57.8 Å². The number of ether oxygens (including phenoxy) is 3. The number of methoxy groups -OCH3 is 3. The van der Waals surface area contributed by atoms with Crippen LogP contribution in [-0.2, 0) is 15.6 Å². The minimum atomic E-state index is -3.83. The highest BCUT2D eigenvalue weighted by Gasteiger charge is 2.24. The highest BCUT2D eigenvalue weighted by molar-refractivity contribution is 7.90. The molecule has 0 saturated heterocycles. The lowest BCUT2D eigenvalue weighted by Gasteiger charge is -2.16. The number of furan rings is 1.